The molecule has 0 fully saturated rings. The molecule has 29 heavy (non-hydrogen) atoms. The molecule has 10 heteroatoms. The van der Waals surface area contributed by atoms with Crippen LogP contribution in [0, 0.1) is 0 Å². The first kappa shape index (κ1) is 22.4. The van der Waals surface area contributed by atoms with Gasteiger partial charge in [-0.25, -0.2) is 9.59 Å². The maximum Gasteiger partial charge on any atom is 0.328 e. The zero-order valence-corrected chi connectivity index (χ0v) is 16.6. The Morgan fingerprint density at radius 2 is 1.83 bits per heavy atom. The van der Waals surface area contributed by atoms with Crippen molar-refractivity contribution in [1.82, 2.24) is 14.8 Å². The molecule has 0 atom stereocenters. The van der Waals surface area contributed by atoms with Crippen LogP contribution in [0.5, 0.6) is 0 Å². The molecule has 0 spiro atoms. The van der Waals surface area contributed by atoms with Gasteiger partial charge in [-0.2, -0.15) is 5.10 Å². The number of aryl methyl sites for hydroxylation is 1. The highest BCUT2D eigenvalue weighted by Gasteiger charge is 2.15. The van der Waals surface area contributed by atoms with E-state index < -0.39 is 11.9 Å². The van der Waals surface area contributed by atoms with Crippen molar-refractivity contribution in [2.75, 3.05) is 6.54 Å². The van der Waals surface area contributed by atoms with E-state index >= 15 is 0 Å². The average molecular weight is 437 g/mol. The van der Waals surface area contributed by atoms with Crippen LogP contribution in [0.4, 0.5) is 0 Å². The first-order valence-electron chi connectivity index (χ1n) is 8.44. The summed E-state index contributed by atoms with van der Waals surface area (Å²) in [4.78, 5) is 23.3. The summed E-state index contributed by atoms with van der Waals surface area (Å²) >= 11 is 12.4. The fourth-order valence-corrected chi connectivity index (χ4v) is 2.85. The van der Waals surface area contributed by atoms with Gasteiger partial charge in [0.1, 0.15) is 5.69 Å². The topological polar surface area (TPSA) is 131 Å². The number of hydrogen-bond donors (Lipinski definition) is 3. The van der Waals surface area contributed by atoms with Crippen molar-refractivity contribution in [3.63, 3.8) is 0 Å². The summed E-state index contributed by atoms with van der Waals surface area (Å²) in [6.45, 7) is 1.38. The summed E-state index contributed by atoms with van der Waals surface area (Å²) < 4.78 is 1.94. The first-order chi connectivity index (χ1) is 13.8. The van der Waals surface area contributed by atoms with Gasteiger partial charge in [0, 0.05) is 42.0 Å². The molecule has 3 aromatic rings. The van der Waals surface area contributed by atoms with E-state index in [2.05, 4.69) is 10.1 Å². The predicted molar refractivity (Wildman–Crippen MR) is 111 cm³/mol. The molecule has 2 heterocycles. The Morgan fingerprint density at radius 3 is 2.45 bits per heavy atom. The van der Waals surface area contributed by atoms with Crippen molar-refractivity contribution in [1.29, 1.82) is 0 Å². The van der Waals surface area contributed by atoms with E-state index in [4.69, 9.17) is 39.1 Å². The van der Waals surface area contributed by atoms with Crippen LogP contribution in [-0.2, 0) is 16.1 Å². The van der Waals surface area contributed by atoms with Crippen LogP contribution < -0.4 is 5.73 Å². The third-order valence-electron chi connectivity index (χ3n) is 3.70. The SMILES string of the molecule is NCCCn1nc(-c2cccc(Cl)c2Cl)c2cnccc21.O=C(O)/C=C/C(=O)O. The minimum absolute atomic E-state index is 0.508. The van der Waals surface area contributed by atoms with Crippen molar-refractivity contribution in [2.45, 2.75) is 13.0 Å². The van der Waals surface area contributed by atoms with E-state index in [0.29, 0.717) is 28.7 Å². The van der Waals surface area contributed by atoms with Gasteiger partial charge in [0.2, 0.25) is 0 Å². The molecule has 2 aromatic heterocycles. The number of rotatable bonds is 6. The molecular formula is C19H18Cl2N4O4. The Kier molecular flexibility index (Phi) is 8.14. The van der Waals surface area contributed by atoms with E-state index in [1.165, 1.54) is 0 Å². The Balaban J connectivity index is 0.000000321. The third-order valence-corrected chi connectivity index (χ3v) is 4.52. The van der Waals surface area contributed by atoms with Gasteiger partial charge >= 0.3 is 11.9 Å². The van der Waals surface area contributed by atoms with Gasteiger partial charge in [0.25, 0.3) is 0 Å². The van der Waals surface area contributed by atoms with Crippen molar-refractivity contribution >= 4 is 46.0 Å². The summed E-state index contributed by atoms with van der Waals surface area (Å²) in [6, 6.07) is 7.49. The second-order valence-electron chi connectivity index (χ2n) is 5.72. The number of nitrogens with zero attached hydrogens (tertiary/aromatic N) is 3. The number of aromatic nitrogens is 3. The molecule has 152 valence electrons. The monoisotopic (exact) mass is 436 g/mol. The van der Waals surface area contributed by atoms with E-state index in [1.54, 1.807) is 18.5 Å². The molecular weight excluding hydrogens is 419 g/mol. The Morgan fingerprint density at radius 1 is 1.14 bits per heavy atom. The van der Waals surface area contributed by atoms with Crippen LogP contribution in [-0.4, -0.2) is 43.5 Å². The molecule has 0 aliphatic heterocycles. The lowest BCUT2D eigenvalue weighted by Crippen LogP contribution is -2.06. The van der Waals surface area contributed by atoms with Crippen LogP contribution in [0.3, 0.4) is 0 Å². The Bertz CT molecular complexity index is 1030. The number of carboxylic acids is 2. The van der Waals surface area contributed by atoms with Crippen LogP contribution in [0.1, 0.15) is 6.42 Å². The maximum atomic E-state index is 9.55. The smallest absolute Gasteiger partial charge is 0.328 e. The highest BCUT2D eigenvalue weighted by molar-refractivity contribution is 6.43. The minimum Gasteiger partial charge on any atom is -0.478 e. The van der Waals surface area contributed by atoms with Gasteiger partial charge in [-0.05, 0) is 25.1 Å². The van der Waals surface area contributed by atoms with Gasteiger partial charge < -0.3 is 15.9 Å². The van der Waals surface area contributed by atoms with E-state index in [1.807, 2.05) is 22.9 Å². The number of halogens is 2. The number of nitrogens with two attached hydrogens (primary N) is 1. The van der Waals surface area contributed by atoms with Gasteiger partial charge in [-0.15, -0.1) is 0 Å². The fourth-order valence-electron chi connectivity index (χ4n) is 2.46. The normalized spacial score (nSPS) is 10.7. The molecule has 0 amide bonds. The summed E-state index contributed by atoms with van der Waals surface area (Å²) in [5, 5.41) is 22.3. The largest absolute Gasteiger partial charge is 0.478 e. The highest BCUT2D eigenvalue weighted by atomic mass is 35.5. The Hall–Kier alpha value is -2.94. The number of fused-ring (bicyclic) bond motifs is 1. The standard InChI is InChI=1S/C15H14Cl2N4.C4H4O4/c16-12-4-1-3-10(14(12)17)15-11-9-19-7-5-13(11)21(20-15)8-2-6-18;5-3(6)1-2-4(7)8/h1,3-5,7,9H,2,6,8,18H2;1-2H,(H,5,6)(H,7,8)/b;2-1+. The molecule has 0 saturated carbocycles. The molecule has 1 aromatic carbocycles. The summed E-state index contributed by atoms with van der Waals surface area (Å²) in [7, 11) is 0. The maximum absolute atomic E-state index is 9.55. The van der Waals surface area contributed by atoms with Crippen molar-refractivity contribution < 1.29 is 19.8 Å². The number of carbonyl (C=O) groups is 2. The van der Waals surface area contributed by atoms with Crippen LogP contribution in [0.2, 0.25) is 10.0 Å². The van der Waals surface area contributed by atoms with Gasteiger partial charge in [0.15, 0.2) is 0 Å². The number of hydrogen-bond acceptors (Lipinski definition) is 5. The molecule has 0 bridgehead atoms. The summed E-state index contributed by atoms with van der Waals surface area (Å²) in [6.07, 6.45) is 5.53. The Labute approximate surface area is 176 Å². The molecule has 0 aliphatic rings. The third kappa shape index (κ3) is 6.02. The van der Waals surface area contributed by atoms with Crippen LogP contribution >= 0.6 is 23.2 Å². The van der Waals surface area contributed by atoms with E-state index in [9.17, 15) is 9.59 Å². The lowest BCUT2D eigenvalue weighted by atomic mass is 10.1. The molecule has 0 aliphatic carbocycles. The van der Waals surface area contributed by atoms with Crippen molar-refractivity contribution in [2.24, 2.45) is 5.73 Å². The zero-order valence-electron chi connectivity index (χ0n) is 15.1. The molecule has 0 unspecified atom stereocenters. The number of aliphatic carboxylic acids is 2. The van der Waals surface area contributed by atoms with Gasteiger partial charge in [-0.3, -0.25) is 9.67 Å². The van der Waals surface area contributed by atoms with Gasteiger partial charge in [-0.1, -0.05) is 35.3 Å². The van der Waals surface area contributed by atoms with Crippen LogP contribution in [0.25, 0.3) is 22.2 Å². The average Bonchev–Trinajstić information content (AvgIpc) is 3.06. The fraction of sp³-hybridized carbons (Fsp3) is 0.158. The number of pyridine rings is 1. The van der Waals surface area contributed by atoms with E-state index in [-0.39, 0.29) is 0 Å². The lowest BCUT2D eigenvalue weighted by Gasteiger charge is -2.03. The predicted octanol–water partition coefficient (Wildman–Crippen LogP) is 3.47. The number of carboxylic acid groups (broad SMARTS) is 2. The van der Waals surface area contributed by atoms with E-state index in [0.717, 1.165) is 35.1 Å². The quantitative estimate of drug-likeness (QED) is 0.503. The molecule has 3 rings (SSSR count). The molecule has 0 radical (unpaired) electrons. The molecule has 4 N–H and O–H groups in total. The zero-order chi connectivity index (χ0) is 21.4. The van der Waals surface area contributed by atoms with Gasteiger partial charge in [0.05, 0.1) is 15.6 Å². The summed E-state index contributed by atoms with van der Waals surface area (Å²) in [5.41, 5.74) is 8.22. The molecule has 0 saturated heterocycles. The highest BCUT2D eigenvalue weighted by Crippen LogP contribution is 2.36. The van der Waals surface area contributed by atoms with Crippen LogP contribution in [0.15, 0.2) is 48.8 Å². The minimum atomic E-state index is -1.26. The lowest BCUT2D eigenvalue weighted by molar-refractivity contribution is -0.134. The van der Waals surface area contributed by atoms with Crippen molar-refractivity contribution in [3.8, 4) is 11.3 Å². The van der Waals surface area contributed by atoms with Crippen molar-refractivity contribution in [3.05, 3.63) is 58.9 Å². The second kappa shape index (κ2) is 10.6. The first-order valence-corrected chi connectivity index (χ1v) is 9.19. The summed E-state index contributed by atoms with van der Waals surface area (Å²) in [5.74, 6) is -2.51. The molecule has 8 nitrogen and oxygen atoms in total. The second-order valence-corrected chi connectivity index (χ2v) is 6.50. The number of benzene rings is 1.